The summed E-state index contributed by atoms with van der Waals surface area (Å²) in [6, 6.07) is 20.5. The Kier molecular flexibility index (Phi) is 6.47. The molecular formula is C29H26N4O4. The van der Waals surface area contributed by atoms with Crippen LogP contribution in [-0.2, 0) is 0 Å². The SMILES string of the molecule is COc1cc2nccc(Oc3ccc4ccccc4c3C(=O)Nc3ccc(N(C)C)nc3)c2cc1OC. The lowest BCUT2D eigenvalue weighted by atomic mass is 10.0. The normalized spacial score (nSPS) is 10.8. The molecule has 2 heterocycles. The number of nitrogens with one attached hydrogen (secondary N) is 1. The van der Waals surface area contributed by atoms with Crippen molar-refractivity contribution >= 4 is 39.1 Å². The standard InChI is InChI=1S/C29H26N4O4/c1-33(2)27-12-10-19(17-31-27)32-29(34)28-20-8-6-5-7-18(20)9-11-24(28)37-23-13-14-30-22-16-26(36-4)25(35-3)15-21(22)23/h5-17H,1-4H3,(H,32,34). The third kappa shape index (κ3) is 4.69. The maximum absolute atomic E-state index is 13.6. The number of pyridine rings is 2. The number of ether oxygens (including phenoxy) is 3. The van der Waals surface area contributed by atoms with Crippen LogP contribution in [-0.4, -0.2) is 44.2 Å². The zero-order valence-corrected chi connectivity index (χ0v) is 21.0. The Morgan fingerprint density at radius 2 is 1.59 bits per heavy atom. The predicted molar refractivity (Wildman–Crippen MR) is 145 cm³/mol. The summed E-state index contributed by atoms with van der Waals surface area (Å²) < 4.78 is 17.3. The van der Waals surface area contributed by atoms with Crippen molar-refractivity contribution < 1.29 is 19.0 Å². The van der Waals surface area contributed by atoms with Crippen molar-refractivity contribution in [2.24, 2.45) is 0 Å². The van der Waals surface area contributed by atoms with E-state index in [1.165, 1.54) is 0 Å². The van der Waals surface area contributed by atoms with Gasteiger partial charge in [-0.05, 0) is 41.1 Å². The molecule has 0 radical (unpaired) electrons. The van der Waals surface area contributed by atoms with Gasteiger partial charge < -0.3 is 24.4 Å². The Morgan fingerprint density at radius 1 is 0.811 bits per heavy atom. The first-order valence-corrected chi connectivity index (χ1v) is 11.6. The number of hydrogen-bond donors (Lipinski definition) is 1. The van der Waals surface area contributed by atoms with E-state index < -0.39 is 0 Å². The highest BCUT2D eigenvalue weighted by molar-refractivity contribution is 6.15. The number of hydrogen-bond acceptors (Lipinski definition) is 7. The fraction of sp³-hybridized carbons (Fsp3) is 0.138. The molecule has 8 nitrogen and oxygen atoms in total. The molecule has 37 heavy (non-hydrogen) atoms. The molecule has 0 aliphatic carbocycles. The summed E-state index contributed by atoms with van der Waals surface area (Å²) in [4.78, 5) is 24.4. The van der Waals surface area contributed by atoms with E-state index >= 15 is 0 Å². The van der Waals surface area contributed by atoms with Gasteiger partial charge in [0.15, 0.2) is 11.5 Å². The van der Waals surface area contributed by atoms with Gasteiger partial charge in [0, 0.05) is 31.7 Å². The highest BCUT2D eigenvalue weighted by atomic mass is 16.5. The zero-order chi connectivity index (χ0) is 25.9. The zero-order valence-electron chi connectivity index (χ0n) is 21.0. The number of methoxy groups -OCH3 is 2. The average molecular weight is 495 g/mol. The molecule has 1 amide bonds. The summed E-state index contributed by atoms with van der Waals surface area (Å²) in [5.41, 5.74) is 1.68. The Morgan fingerprint density at radius 3 is 2.32 bits per heavy atom. The quantitative estimate of drug-likeness (QED) is 0.301. The molecule has 0 unspecified atom stereocenters. The summed E-state index contributed by atoms with van der Waals surface area (Å²) in [6.45, 7) is 0. The van der Waals surface area contributed by atoms with E-state index in [1.54, 1.807) is 44.8 Å². The first-order chi connectivity index (χ1) is 18.0. The fourth-order valence-corrected chi connectivity index (χ4v) is 4.14. The first-order valence-electron chi connectivity index (χ1n) is 11.6. The van der Waals surface area contributed by atoms with E-state index in [2.05, 4.69) is 15.3 Å². The van der Waals surface area contributed by atoms with Gasteiger partial charge in [0.05, 0.1) is 37.2 Å². The Bertz CT molecular complexity index is 1600. The molecule has 5 rings (SSSR count). The number of benzene rings is 3. The molecule has 0 atom stereocenters. The van der Waals surface area contributed by atoms with Gasteiger partial charge in [-0.2, -0.15) is 0 Å². The predicted octanol–water partition coefficient (Wildman–Crippen LogP) is 5.91. The fourth-order valence-electron chi connectivity index (χ4n) is 4.14. The molecule has 1 N–H and O–H groups in total. The van der Waals surface area contributed by atoms with Gasteiger partial charge in [-0.3, -0.25) is 9.78 Å². The van der Waals surface area contributed by atoms with Crippen LogP contribution in [0.15, 0.2) is 79.1 Å². The average Bonchev–Trinajstić information content (AvgIpc) is 2.92. The Labute approximate surface area is 214 Å². The van der Waals surface area contributed by atoms with Gasteiger partial charge in [0.25, 0.3) is 5.91 Å². The van der Waals surface area contributed by atoms with Gasteiger partial charge in [-0.25, -0.2) is 4.98 Å². The van der Waals surface area contributed by atoms with Crippen molar-refractivity contribution in [1.29, 1.82) is 0 Å². The lowest BCUT2D eigenvalue weighted by Crippen LogP contribution is -2.15. The molecule has 0 saturated carbocycles. The smallest absolute Gasteiger partial charge is 0.260 e. The lowest BCUT2D eigenvalue weighted by molar-refractivity contribution is 0.102. The van der Waals surface area contributed by atoms with E-state index in [4.69, 9.17) is 14.2 Å². The number of rotatable bonds is 7. The molecule has 2 aromatic heterocycles. The second kappa shape index (κ2) is 10.0. The topological polar surface area (TPSA) is 85.8 Å². The van der Waals surface area contributed by atoms with Crippen molar-refractivity contribution in [3.05, 3.63) is 84.7 Å². The number of aromatic nitrogens is 2. The number of fused-ring (bicyclic) bond motifs is 2. The summed E-state index contributed by atoms with van der Waals surface area (Å²) in [7, 11) is 6.98. The van der Waals surface area contributed by atoms with E-state index in [9.17, 15) is 4.79 Å². The third-order valence-electron chi connectivity index (χ3n) is 6.01. The third-order valence-corrected chi connectivity index (χ3v) is 6.01. The molecule has 0 aliphatic rings. The first kappa shape index (κ1) is 23.9. The van der Waals surface area contributed by atoms with Crippen LogP contribution in [0.1, 0.15) is 10.4 Å². The number of nitrogens with zero attached hydrogens (tertiary/aromatic N) is 3. The molecule has 8 heteroatoms. The van der Waals surface area contributed by atoms with Crippen LogP contribution >= 0.6 is 0 Å². The van der Waals surface area contributed by atoms with Crippen molar-refractivity contribution in [1.82, 2.24) is 9.97 Å². The minimum atomic E-state index is -0.302. The maximum Gasteiger partial charge on any atom is 0.260 e. The van der Waals surface area contributed by atoms with Gasteiger partial charge in [-0.1, -0.05) is 30.3 Å². The Hall–Kier alpha value is -4.85. The number of anilines is 2. The Balaban J connectivity index is 1.58. The van der Waals surface area contributed by atoms with Crippen LogP contribution < -0.4 is 24.4 Å². The minimum absolute atomic E-state index is 0.302. The van der Waals surface area contributed by atoms with Gasteiger partial charge in [0.1, 0.15) is 17.3 Å². The van der Waals surface area contributed by atoms with Crippen LogP contribution in [0.5, 0.6) is 23.0 Å². The molecule has 5 aromatic rings. The van der Waals surface area contributed by atoms with Crippen molar-refractivity contribution in [2.45, 2.75) is 0 Å². The second-order valence-corrected chi connectivity index (χ2v) is 8.55. The molecular weight excluding hydrogens is 468 g/mol. The van der Waals surface area contributed by atoms with Crippen LogP contribution in [0.2, 0.25) is 0 Å². The largest absolute Gasteiger partial charge is 0.493 e. The summed E-state index contributed by atoms with van der Waals surface area (Å²) in [6.07, 6.45) is 3.29. The van der Waals surface area contributed by atoms with Crippen LogP contribution in [0.4, 0.5) is 11.5 Å². The maximum atomic E-state index is 13.6. The van der Waals surface area contributed by atoms with E-state index in [0.717, 1.165) is 22.0 Å². The minimum Gasteiger partial charge on any atom is -0.493 e. The van der Waals surface area contributed by atoms with E-state index in [-0.39, 0.29) is 5.91 Å². The molecule has 0 saturated heterocycles. The molecule has 3 aromatic carbocycles. The van der Waals surface area contributed by atoms with Crippen molar-refractivity contribution in [2.75, 3.05) is 38.5 Å². The van der Waals surface area contributed by atoms with E-state index in [0.29, 0.717) is 39.8 Å². The summed E-state index contributed by atoms with van der Waals surface area (Å²) in [5, 5.41) is 5.38. The van der Waals surface area contributed by atoms with Crippen molar-refractivity contribution in [3.8, 4) is 23.0 Å². The van der Waals surface area contributed by atoms with Gasteiger partial charge in [0.2, 0.25) is 0 Å². The lowest BCUT2D eigenvalue weighted by Gasteiger charge is -2.16. The number of amides is 1. The van der Waals surface area contributed by atoms with Crippen LogP contribution in [0.25, 0.3) is 21.7 Å². The van der Waals surface area contributed by atoms with Gasteiger partial charge >= 0.3 is 0 Å². The molecule has 186 valence electrons. The molecule has 0 bridgehead atoms. The van der Waals surface area contributed by atoms with Crippen molar-refractivity contribution in [3.63, 3.8) is 0 Å². The number of carbonyl (C=O) groups is 1. The summed E-state index contributed by atoms with van der Waals surface area (Å²) >= 11 is 0. The molecule has 0 spiro atoms. The highest BCUT2D eigenvalue weighted by Crippen LogP contribution is 2.39. The summed E-state index contributed by atoms with van der Waals surface area (Å²) in [5.74, 6) is 2.56. The van der Waals surface area contributed by atoms with E-state index in [1.807, 2.05) is 67.5 Å². The van der Waals surface area contributed by atoms with Crippen LogP contribution in [0.3, 0.4) is 0 Å². The highest BCUT2D eigenvalue weighted by Gasteiger charge is 2.19. The molecule has 0 fully saturated rings. The number of carbonyl (C=O) groups excluding carboxylic acids is 1. The van der Waals surface area contributed by atoms with Gasteiger partial charge in [-0.15, -0.1) is 0 Å². The second-order valence-electron chi connectivity index (χ2n) is 8.55. The van der Waals surface area contributed by atoms with Crippen LogP contribution in [0, 0.1) is 0 Å². The molecule has 0 aliphatic heterocycles. The monoisotopic (exact) mass is 494 g/mol.